The first-order chi connectivity index (χ1) is 11.0. The second-order valence-electron chi connectivity index (χ2n) is 5.11. The van der Waals surface area contributed by atoms with Crippen molar-refractivity contribution in [1.29, 1.82) is 0 Å². The summed E-state index contributed by atoms with van der Waals surface area (Å²) in [5.74, 6) is -2.28. The highest BCUT2D eigenvalue weighted by Crippen LogP contribution is 2.40. The fourth-order valence-electron chi connectivity index (χ4n) is 2.69. The van der Waals surface area contributed by atoms with Crippen molar-refractivity contribution in [2.24, 2.45) is 0 Å². The zero-order chi connectivity index (χ0) is 16.6. The lowest BCUT2D eigenvalue weighted by atomic mass is 9.96. The monoisotopic (exact) mass is 312 g/mol. The Kier molecular flexibility index (Phi) is 3.65. The maximum absolute atomic E-state index is 14.2. The molecule has 0 spiro atoms. The van der Waals surface area contributed by atoms with Crippen molar-refractivity contribution in [1.82, 2.24) is 4.98 Å². The summed E-state index contributed by atoms with van der Waals surface area (Å²) < 4.78 is 14.2. The van der Waals surface area contributed by atoms with Crippen molar-refractivity contribution in [3.63, 3.8) is 0 Å². The largest absolute Gasteiger partial charge is 0.503 e. The maximum atomic E-state index is 14.2. The van der Waals surface area contributed by atoms with Crippen LogP contribution in [0.5, 0.6) is 0 Å². The van der Waals surface area contributed by atoms with Crippen LogP contribution in [0.15, 0.2) is 60.0 Å². The van der Waals surface area contributed by atoms with Crippen LogP contribution in [0.2, 0.25) is 0 Å². The first-order valence-electron chi connectivity index (χ1n) is 6.95. The molecule has 5 nitrogen and oxygen atoms in total. The molecule has 1 aliphatic heterocycles. The van der Waals surface area contributed by atoms with Gasteiger partial charge in [-0.3, -0.25) is 14.5 Å². The molecular weight excluding hydrogens is 299 g/mol. The van der Waals surface area contributed by atoms with Gasteiger partial charge >= 0.3 is 0 Å². The Bertz CT molecular complexity index is 818. The van der Waals surface area contributed by atoms with Gasteiger partial charge in [-0.15, -0.1) is 0 Å². The van der Waals surface area contributed by atoms with Crippen LogP contribution >= 0.6 is 0 Å². The number of hydrogen-bond donors (Lipinski definition) is 1. The lowest BCUT2D eigenvalue weighted by molar-refractivity contribution is -0.117. The van der Waals surface area contributed by atoms with Gasteiger partial charge in [0.15, 0.2) is 11.5 Å². The summed E-state index contributed by atoms with van der Waals surface area (Å²) in [5.41, 5.74) is -0.00786. The van der Waals surface area contributed by atoms with E-state index in [1.807, 2.05) is 0 Å². The van der Waals surface area contributed by atoms with E-state index in [1.54, 1.807) is 24.3 Å². The van der Waals surface area contributed by atoms with Gasteiger partial charge in [0, 0.05) is 11.8 Å². The van der Waals surface area contributed by atoms with Gasteiger partial charge in [0.1, 0.15) is 11.6 Å². The molecule has 2 aromatic rings. The summed E-state index contributed by atoms with van der Waals surface area (Å²) in [4.78, 5) is 29.6. The number of hydrogen-bond acceptors (Lipinski definition) is 4. The third kappa shape index (κ3) is 2.38. The smallest absolute Gasteiger partial charge is 0.295 e. The minimum atomic E-state index is -1.05. The number of benzene rings is 1. The number of pyridine rings is 1. The molecule has 0 fully saturated rings. The third-order valence-electron chi connectivity index (χ3n) is 3.68. The summed E-state index contributed by atoms with van der Waals surface area (Å²) in [5, 5.41) is 10.1. The molecule has 23 heavy (non-hydrogen) atoms. The van der Waals surface area contributed by atoms with E-state index >= 15 is 0 Å². The van der Waals surface area contributed by atoms with E-state index in [2.05, 4.69) is 4.98 Å². The van der Waals surface area contributed by atoms with E-state index in [4.69, 9.17) is 0 Å². The number of anilines is 1. The van der Waals surface area contributed by atoms with Crippen LogP contribution in [-0.4, -0.2) is 21.8 Å². The maximum Gasteiger partial charge on any atom is 0.295 e. The molecule has 0 saturated heterocycles. The number of ketones is 1. The third-order valence-corrected chi connectivity index (χ3v) is 3.68. The molecule has 1 aliphatic rings. The van der Waals surface area contributed by atoms with Crippen molar-refractivity contribution in [3.05, 3.63) is 71.4 Å². The first kappa shape index (κ1) is 14.9. The molecule has 0 radical (unpaired) electrons. The summed E-state index contributed by atoms with van der Waals surface area (Å²) >= 11 is 0. The van der Waals surface area contributed by atoms with Crippen LogP contribution in [0.1, 0.15) is 18.5 Å². The number of Topliss-reactive ketones (excluding diaryl/α,β-unsaturated/α-hetero) is 1. The second kappa shape index (κ2) is 5.64. The van der Waals surface area contributed by atoms with Crippen molar-refractivity contribution in [2.75, 3.05) is 4.90 Å². The highest BCUT2D eigenvalue weighted by atomic mass is 19.1. The van der Waals surface area contributed by atoms with Crippen LogP contribution in [0.25, 0.3) is 0 Å². The van der Waals surface area contributed by atoms with Gasteiger partial charge in [-0.25, -0.2) is 9.37 Å². The van der Waals surface area contributed by atoms with Gasteiger partial charge < -0.3 is 5.11 Å². The minimum Gasteiger partial charge on any atom is -0.503 e. The van der Waals surface area contributed by atoms with Crippen molar-refractivity contribution in [3.8, 4) is 0 Å². The average molecular weight is 312 g/mol. The summed E-state index contributed by atoms with van der Waals surface area (Å²) in [6, 6.07) is 9.68. The van der Waals surface area contributed by atoms with E-state index in [0.717, 1.165) is 4.90 Å². The Morgan fingerprint density at radius 2 is 1.91 bits per heavy atom. The van der Waals surface area contributed by atoms with E-state index in [9.17, 15) is 19.1 Å². The van der Waals surface area contributed by atoms with Gasteiger partial charge in [-0.2, -0.15) is 0 Å². The summed E-state index contributed by atoms with van der Waals surface area (Å²) in [7, 11) is 0. The molecule has 0 unspecified atom stereocenters. The second-order valence-corrected chi connectivity index (χ2v) is 5.11. The molecule has 0 saturated carbocycles. The zero-order valence-corrected chi connectivity index (χ0v) is 12.2. The zero-order valence-electron chi connectivity index (χ0n) is 12.2. The molecule has 1 amide bonds. The SMILES string of the molecule is CC(=O)C1=C(O)C(=O)N(c2ccccn2)[C@@H]1c1ccccc1F. The quantitative estimate of drug-likeness (QED) is 0.946. The number of aromatic nitrogens is 1. The Morgan fingerprint density at radius 3 is 2.52 bits per heavy atom. The van der Waals surface area contributed by atoms with Crippen molar-refractivity contribution >= 4 is 17.5 Å². The summed E-state index contributed by atoms with van der Waals surface area (Å²) in [6.07, 6.45) is 1.48. The van der Waals surface area contributed by atoms with Crippen molar-refractivity contribution < 1.29 is 19.1 Å². The predicted molar refractivity (Wildman–Crippen MR) is 81.2 cm³/mol. The molecule has 0 aliphatic carbocycles. The van der Waals surface area contributed by atoms with Crippen LogP contribution in [0.3, 0.4) is 0 Å². The average Bonchev–Trinajstić information content (AvgIpc) is 2.80. The normalized spacial score (nSPS) is 17.7. The lowest BCUT2D eigenvalue weighted by Gasteiger charge is -2.25. The van der Waals surface area contributed by atoms with Gasteiger partial charge in [0.2, 0.25) is 0 Å². The molecule has 2 heterocycles. The highest BCUT2D eigenvalue weighted by molar-refractivity contribution is 6.15. The lowest BCUT2D eigenvalue weighted by Crippen LogP contribution is -2.32. The van der Waals surface area contributed by atoms with Crippen LogP contribution in [0.4, 0.5) is 10.2 Å². The molecule has 3 rings (SSSR count). The van der Waals surface area contributed by atoms with Gasteiger partial charge in [0.25, 0.3) is 5.91 Å². The molecule has 6 heteroatoms. The number of nitrogens with zero attached hydrogens (tertiary/aromatic N) is 2. The van der Waals surface area contributed by atoms with Gasteiger partial charge in [0.05, 0.1) is 11.6 Å². The number of amides is 1. The number of carbonyl (C=O) groups excluding carboxylic acids is 2. The molecule has 1 atom stereocenters. The van der Waals surface area contributed by atoms with Gasteiger partial charge in [-0.1, -0.05) is 24.3 Å². The molecular formula is C17H13FN2O3. The number of aliphatic hydroxyl groups excluding tert-OH is 1. The van der Waals surface area contributed by atoms with E-state index in [0.29, 0.717) is 0 Å². The summed E-state index contributed by atoms with van der Waals surface area (Å²) in [6.45, 7) is 1.23. The number of rotatable bonds is 3. The van der Waals surface area contributed by atoms with Gasteiger partial charge in [-0.05, 0) is 25.1 Å². The van der Waals surface area contributed by atoms with Crippen LogP contribution in [0, 0.1) is 5.82 Å². The van der Waals surface area contributed by atoms with Crippen molar-refractivity contribution in [2.45, 2.75) is 13.0 Å². The van der Waals surface area contributed by atoms with E-state index in [1.165, 1.54) is 31.3 Å². The molecule has 1 N–H and O–H groups in total. The van der Waals surface area contributed by atoms with E-state index < -0.39 is 29.3 Å². The number of carbonyl (C=O) groups is 2. The Hall–Kier alpha value is -3.02. The van der Waals surface area contributed by atoms with E-state index in [-0.39, 0.29) is 17.0 Å². The Morgan fingerprint density at radius 1 is 1.22 bits per heavy atom. The Labute approximate surface area is 131 Å². The standard InChI is InChI=1S/C17H13FN2O3/c1-10(21)14-15(11-6-2-3-7-12(11)18)20(17(23)16(14)22)13-8-4-5-9-19-13/h2-9,15,22H,1H3/t15-/m1/s1. The number of aliphatic hydroxyl groups is 1. The number of halogens is 1. The predicted octanol–water partition coefficient (Wildman–Crippen LogP) is 2.71. The topological polar surface area (TPSA) is 70.5 Å². The molecule has 116 valence electrons. The van der Waals surface area contributed by atoms with Crippen LogP contribution in [-0.2, 0) is 9.59 Å². The fraction of sp³-hybridized carbons (Fsp3) is 0.118. The molecule has 0 bridgehead atoms. The fourth-order valence-corrected chi connectivity index (χ4v) is 2.69. The Balaban J connectivity index is 2.22. The molecule has 1 aromatic carbocycles. The first-order valence-corrected chi connectivity index (χ1v) is 6.95. The minimum absolute atomic E-state index is 0.126. The molecule has 1 aromatic heterocycles. The highest BCUT2D eigenvalue weighted by Gasteiger charge is 2.44. The van der Waals surface area contributed by atoms with Crippen LogP contribution < -0.4 is 4.90 Å².